The fraction of sp³-hybridized carbons (Fsp3) is 0.350. The van der Waals surface area contributed by atoms with E-state index in [1.165, 1.54) is 22.1 Å². The van der Waals surface area contributed by atoms with Crippen molar-refractivity contribution in [2.75, 3.05) is 13.1 Å². The van der Waals surface area contributed by atoms with Crippen molar-refractivity contribution in [3.8, 4) is 5.75 Å². The second-order valence-corrected chi connectivity index (χ2v) is 7.47. The van der Waals surface area contributed by atoms with Gasteiger partial charge in [0.1, 0.15) is 11.9 Å². The number of aromatic nitrogens is 4. The number of nitrogens with zero attached hydrogens (tertiary/aromatic N) is 5. The maximum absolute atomic E-state index is 6.15. The Morgan fingerprint density at radius 3 is 2.63 bits per heavy atom. The molecule has 0 saturated carbocycles. The van der Waals surface area contributed by atoms with Crippen LogP contribution in [0.2, 0.25) is 0 Å². The molecule has 6 nitrogen and oxygen atoms in total. The van der Waals surface area contributed by atoms with E-state index in [9.17, 15) is 0 Å². The Morgan fingerprint density at radius 2 is 1.85 bits per heavy atom. The molecule has 0 fully saturated rings. The van der Waals surface area contributed by atoms with E-state index in [2.05, 4.69) is 53.2 Å². The van der Waals surface area contributed by atoms with Gasteiger partial charge in [0.05, 0.1) is 6.54 Å². The highest BCUT2D eigenvalue weighted by molar-refractivity contribution is 7.16. The normalized spacial score (nSPS) is 12.9. The minimum Gasteiger partial charge on any atom is -0.483 e. The first-order valence-corrected chi connectivity index (χ1v) is 10.1. The van der Waals surface area contributed by atoms with Gasteiger partial charge in [-0.25, -0.2) is 0 Å². The third-order valence-electron chi connectivity index (χ3n) is 4.71. The summed E-state index contributed by atoms with van der Waals surface area (Å²) in [4.78, 5) is 3.10. The summed E-state index contributed by atoms with van der Waals surface area (Å²) in [5, 5.41) is 16.5. The summed E-state index contributed by atoms with van der Waals surface area (Å²) in [6, 6.07) is 14.4. The molecule has 0 aliphatic rings. The van der Waals surface area contributed by atoms with E-state index in [-0.39, 0.29) is 6.10 Å². The largest absolute Gasteiger partial charge is 0.483 e. The van der Waals surface area contributed by atoms with Gasteiger partial charge in [-0.05, 0) is 42.9 Å². The summed E-state index contributed by atoms with van der Waals surface area (Å²) in [6.45, 7) is 9.01. The minimum absolute atomic E-state index is 0.154. The maximum Gasteiger partial charge on any atom is 0.234 e. The Kier molecular flexibility index (Phi) is 5.05. The SMILES string of the molecule is CCN(CC)Cc1nnc2sc(C(C)Oc3ccc4ccccc4c3)nn12. The first-order valence-electron chi connectivity index (χ1n) is 9.26. The van der Waals surface area contributed by atoms with Crippen molar-refractivity contribution in [3.63, 3.8) is 0 Å². The highest BCUT2D eigenvalue weighted by Gasteiger charge is 2.18. The summed E-state index contributed by atoms with van der Waals surface area (Å²) in [7, 11) is 0. The number of rotatable bonds is 7. The third kappa shape index (κ3) is 3.65. The van der Waals surface area contributed by atoms with Crippen LogP contribution in [0.15, 0.2) is 42.5 Å². The number of ether oxygens (including phenoxy) is 1. The molecular weight excluding hydrogens is 358 g/mol. The molecule has 27 heavy (non-hydrogen) atoms. The summed E-state index contributed by atoms with van der Waals surface area (Å²) in [5.41, 5.74) is 0. The van der Waals surface area contributed by atoms with E-state index < -0.39 is 0 Å². The van der Waals surface area contributed by atoms with Gasteiger partial charge >= 0.3 is 0 Å². The number of fused-ring (bicyclic) bond motifs is 2. The van der Waals surface area contributed by atoms with Crippen molar-refractivity contribution in [1.29, 1.82) is 0 Å². The van der Waals surface area contributed by atoms with Gasteiger partial charge in [-0.3, -0.25) is 4.90 Å². The van der Waals surface area contributed by atoms with E-state index in [0.29, 0.717) is 0 Å². The zero-order valence-electron chi connectivity index (χ0n) is 15.8. The van der Waals surface area contributed by atoms with Crippen LogP contribution < -0.4 is 4.74 Å². The summed E-state index contributed by atoms with van der Waals surface area (Å²) < 4.78 is 7.99. The maximum atomic E-state index is 6.15. The molecule has 0 aliphatic carbocycles. The molecule has 0 aliphatic heterocycles. The Labute approximate surface area is 162 Å². The molecule has 0 radical (unpaired) electrons. The number of benzene rings is 2. The molecule has 0 bridgehead atoms. The van der Waals surface area contributed by atoms with E-state index in [1.54, 1.807) is 0 Å². The lowest BCUT2D eigenvalue weighted by molar-refractivity contribution is 0.225. The smallest absolute Gasteiger partial charge is 0.234 e. The fourth-order valence-electron chi connectivity index (χ4n) is 3.08. The van der Waals surface area contributed by atoms with Gasteiger partial charge in [-0.15, -0.1) is 10.2 Å². The lowest BCUT2D eigenvalue weighted by Crippen LogP contribution is -2.23. The third-order valence-corrected chi connectivity index (χ3v) is 5.77. The van der Waals surface area contributed by atoms with Gasteiger partial charge in [0, 0.05) is 0 Å². The predicted octanol–water partition coefficient (Wildman–Crippen LogP) is 4.32. The molecule has 0 amide bonds. The monoisotopic (exact) mass is 381 g/mol. The van der Waals surface area contributed by atoms with E-state index in [1.807, 2.05) is 29.6 Å². The van der Waals surface area contributed by atoms with Crippen LogP contribution in [0.3, 0.4) is 0 Å². The van der Waals surface area contributed by atoms with Gasteiger partial charge in [-0.1, -0.05) is 55.5 Å². The van der Waals surface area contributed by atoms with Crippen LogP contribution >= 0.6 is 11.3 Å². The van der Waals surface area contributed by atoms with Crippen LogP contribution in [0.5, 0.6) is 5.75 Å². The molecular formula is C20H23N5OS. The van der Waals surface area contributed by atoms with Gasteiger partial charge in [0.15, 0.2) is 10.8 Å². The van der Waals surface area contributed by atoms with E-state index >= 15 is 0 Å². The standard InChI is InChI=1S/C20H23N5OS/c1-4-24(5-2)13-18-21-22-20-25(18)23-19(27-20)14(3)26-17-11-10-15-8-6-7-9-16(15)12-17/h6-12,14H,4-5,13H2,1-3H3. The molecule has 2 aromatic heterocycles. The van der Waals surface area contributed by atoms with Gasteiger partial charge < -0.3 is 4.74 Å². The Balaban J connectivity index is 1.55. The molecule has 0 N–H and O–H groups in total. The Morgan fingerprint density at radius 1 is 1.07 bits per heavy atom. The molecule has 140 valence electrons. The fourth-order valence-corrected chi connectivity index (χ4v) is 3.92. The summed E-state index contributed by atoms with van der Waals surface area (Å²) in [6.07, 6.45) is -0.154. The topological polar surface area (TPSA) is 55.5 Å². The molecule has 0 spiro atoms. The van der Waals surface area contributed by atoms with E-state index in [0.717, 1.165) is 41.2 Å². The molecule has 7 heteroatoms. The van der Waals surface area contributed by atoms with Crippen LogP contribution in [0.1, 0.15) is 37.7 Å². The summed E-state index contributed by atoms with van der Waals surface area (Å²) in [5.74, 6) is 1.71. The molecule has 4 aromatic rings. The summed E-state index contributed by atoms with van der Waals surface area (Å²) >= 11 is 1.53. The van der Waals surface area contributed by atoms with Crippen molar-refractivity contribution in [3.05, 3.63) is 53.3 Å². The Hall–Kier alpha value is -2.51. The lowest BCUT2D eigenvalue weighted by Gasteiger charge is -2.15. The Bertz CT molecular complexity index is 1050. The van der Waals surface area contributed by atoms with Crippen molar-refractivity contribution >= 4 is 27.1 Å². The minimum atomic E-state index is -0.154. The van der Waals surface area contributed by atoms with Gasteiger partial charge in [-0.2, -0.15) is 9.61 Å². The van der Waals surface area contributed by atoms with Crippen molar-refractivity contribution in [2.24, 2.45) is 0 Å². The first-order chi connectivity index (χ1) is 13.2. The van der Waals surface area contributed by atoms with Gasteiger partial charge in [0.25, 0.3) is 0 Å². The van der Waals surface area contributed by atoms with Crippen LogP contribution in [-0.2, 0) is 6.54 Å². The lowest BCUT2D eigenvalue weighted by atomic mass is 10.1. The zero-order valence-corrected chi connectivity index (χ0v) is 16.6. The van der Waals surface area contributed by atoms with E-state index in [4.69, 9.17) is 9.84 Å². The molecule has 1 atom stereocenters. The first kappa shape index (κ1) is 17.9. The number of hydrogen-bond donors (Lipinski definition) is 0. The average molecular weight is 382 g/mol. The second-order valence-electron chi connectivity index (χ2n) is 6.48. The van der Waals surface area contributed by atoms with Crippen LogP contribution in [0.25, 0.3) is 15.7 Å². The zero-order chi connectivity index (χ0) is 18.8. The van der Waals surface area contributed by atoms with Crippen LogP contribution in [0, 0.1) is 0 Å². The van der Waals surface area contributed by atoms with Crippen molar-refractivity contribution in [1.82, 2.24) is 24.7 Å². The second kappa shape index (κ2) is 7.62. The quantitative estimate of drug-likeness (QED) is 0.477. The van der Waals surface area contributed by atoms with Crippen LogP contribution in [-0.4, -0.2) is 37.8 Å². The molecule has 4 rings (SSSR count). The van der Waals surface area contributed by atoms with Crippen molar-refractivity contribution < 1.29 is 4.74 Å². The average Bonchev–Trinajstić information content (AvgIpc) is 3.27. The molecule has 2 aromatic carbocycles. The highest BCUT2D eigenvalue weighted by Crippen LogP contribution is 2.28. The predicted molar refractivity (Wildman–Crippen MR) is 108 cm³/mol. The highest BCUT2D eigenvalue weighted by atomic mass is 32.1. The van der Waals surface area contributed by atoms with Crippen molar-refractivity contribution in [2.45, 2.75) is 33.4 Å². The van der Waals surface area contributed by atoms with Gasteiger partial charge in [0.2, 0.25) is 4.96 Å². The molecule has 1 unspecified atom stereocenters. The number of hydrogen-bond acceptors (Lipinski definition) is 6. The van der Waals surface area contributed by atoms with Crippen LogP contribution in [0.4, 0.5) is 0 Å². The molecule has 0 saturated heterocycles. The molecule has 2 heterocycles.